The van der Waals surface area contributed by atoms with Gasteiger partial charge in [0.25, 0.3) is 0 Å². The molecule has 0 heterocycles. The highest BCUT2D eigenvalue weighted by Crippen LogP contribution is 2.38. The van der Waals surface area contributed by atoms with Crippen LogP contribution < -0.4 is 0 Å². The number of rotatable bonds is 2. The van der Waals surface area contributed by atoms with Crippen LogP contribution in [0.5, 0.6) is 0 Å². The van der Waals surface area contributed by atoms with E-state index in [9.17, 15) is 30.8 Å². The molecule has 1 atom stereocenters. The molecule has 13 heavy (non-hydrogen) atoms. The first-order valence-electron chi connectivity index (χ1n) is 2.40. The molecule has 0 aliphatic rings. The smallest absolute Gasteiger partial charge is 0.451 e. The number of carboxylic acid groups (broad SMARTS) is 1. The Hall–Kier alpha value is -0.900. The summed E-state index contributed by atoms with van der Waals surface area (Å²) in [5.74, 6) is -3.34. The van der Waals surface area contributed by atoms with E-state index in [2.05, 4.69) is 0 Å². The molecule has 0 aromatic heterocycles. The molecule has 10 heteroatoms. The Morgan fingerprint density at radius 1 is 1.15 bits per heavy atom. The van der Waals surface area contributed by atoms with Gasteiger partial charge in [-0.15, -0.1) is 0 Å². The lowest BCUT2D eigenvalue weighted by Crippen LogP contribution is -2.54. The minimum absolute atomic E-state index is 3.34. The van der Waals surface area contributed by atoms with Crippen molar-refractivity contribution in [1.82, 2.24) is 0 Å². The first-order chi connectivity index (χ1) is 5.44. The van der Waals surface area contributed by atoms with Gasteiger partial charge in [0.05, 0.1) is 0 Å². The number of halogens is 4. The molecular formula is C3H2F4O5S. The first-order valence-corrected chi connectivity index (χ1v) is 3.84. The summed E-state index contributed by atoms with van der Waals surface area (Å²) in [6, 6.07) is 0. The summed E-state index contributed by atoms with van der Waals surface area (Å²) in [7, 11) is -6.41. The fraction of sp³-hybridized carbons (Fsp3) is 0.667. The number of carboxylic acids is 1. The number of aliphatic carboxylic acids is 1. The predicted octanol–water partition coefficient (Wildman–Crippen LogP) is 0.187. The van der Waals surface area contributed by atoms with Crippen LogP contribution in [0, 0.1) is 0 Å². The molecule has 0 aromatic rings. The maximum absolute atomic E-state index is 12.4. The van der Waals surface area contributed by atoms with Gasteiger partial charge in [0.1, 0.15) is 0 Å². The van der Waals surface area contributed by atoms with E-state index in [0.717, 1.165) is 0 Å². The second-order valence-corrected chi connectivity index (χ2v) is 3.39. The van der Waals surface area contributed by atoms with Crippen molar-refractivity contribution in [2.24, 2.45) is 0 Å². The maximum atomic E-state index is 12.4. The highest BCUT2D eigenvalue weighted by Gasteiger charge is 2.72. The Labute approximate surface area is 68.7 Å². The van der Waals surface area contributed by atoms with E-state index in [4.69, 9.17) is 9.66 Å². The highest BCUT2D eigenvalue weighted by atomic mass is 32.2. The van der Waals surface area contributed by atoms with Crippen LogP contribution >= 0.6 is 0 Å². The highest BCUT2D eigenvalue weighted by molar-refractivity contribution is 7.88. The van der Waals surface area contributed by atoms with Crippen LogP contribution in [0.2, 0.25) is 0 Å². The zero-order valence-electron chi connectivity index (χ0n) is 5.54. The van der Waals surface area contributed by atoms with Crippen molar-refractivity contribution in [1.29, 1.82) is 0 Å². The summed E-state index contributed by atoms with van der Waals surface area (Å²) in [5, 5.41) is 1.99. The van der Waals surface area contributed by atoms with Gasteiger partial charge >= 0.3 is 27.3 Å². The second-order valence-electron chi connectivity index (χ2n) is 1.87. The zero-order valence-corrected chi connectivity index (χ0v) is 6.36. The Kier molecular flexibility index (Phi) is 2.61. The largest absolute Gasteiger partial charge is 0.478 e. The van der Waals surface area contributed by atoms with E-state index in [-0.39, 0.29) is 0 Å². The van der Waals surface area contributed by atoms with Crippen LogP contribution in [0.25, 0.3) is 0 Å². The van der Waals surface area contributed by atoms with Crippen LogP contribution in [0.1, 0.15) is 0 Å². The quantitative estimate of drug-likeness (QED) is 0.517. The van der Waals surface area contributed by atoms with Crippen LogP contribution in [0.15, 0.2) is 0 Å². The van der Waals surface area contributed by atoms with Crippen molar-refractivity contribution < 1.29 is 40.4 Å². The van der Waals surface area contributed by atoms with Gasteiger partial charge in [-0.2, -0.15) is 21.6 Å². The second kappa shape index (κ2) is 2.80. The van der Waals surface area contributed by atoms with Crippen molar-refractivity contribution in [3.63, 3.8) is 0 Å². The molecule has 2 N–H and O–H groups in total. The Balaban J connectivity index is 5.64. The van der Waals surface area contributed by atoms with Crippen molar-refractivity contribution in [2.75, 3.05) is 0 Å². The summed E-state index contributed by atoms with van der Waals surface area (Å²) in [5.41, 5.74) is 0. The van der Waals surface area contributed by atoms with Gasteiger partial charge in [-0.3, -0.25) is 4.55 Å². The Bertz CT molecular complexity index is 317. The van der Waals surface area contributed by atoms with Gasteiger partial charge in [0, 0.05) is 0 Å². The van der Waals surface area contributed by atoms with Gasteiger partial charge in [-0.25, -0.2) is 9.18 Å². The molecule has 0 amide bonds. The molecular weight excluding hydrogens is 224 g/mol. The normalized spacial score (nSPS) is 17.9. The van der Waals surface area contributed by atoms with E-state index in [0.29, 0.717) is 0 Å². The average Bonchev–Trinajstić information content (AvgIpc) is 1.80. The first kappa shape index (κ1) is 12.1. The van der Waals surface area contributed by atoms with Crippen molar-refractivity contribution in [2.45, 2.75) is 11.2 Å². The van der Waals surface area contributed by atoms with Gasteiger partial charge in [-0.1, -0.05) is 0 Å². The number of hydrogen-bond donors (Lipinski definition) is 2. The molecule has 0 aromatic carbocycles. The molecule has 0 saturated heterocycles. The van der Waals surface area contributed by atoms with E-state index in [1.54, 1.807) is 0 Å². The number of alkyl halides is 4. The minimum atomic E-state index is -6.41. The standard InChI is InChI=1S/C3H2F4O5S/c4-2(1(8)9,3(5,6)7)13(10,11)12/h(H,8,9)(H,10,11,12). The molecule has 78 valence electrons. The molecule has 1 unspecified atom stereocenters. The molecule has 0 fully saturated rings. The summed E-state index contributed by atoms with van der Waals surface area (Å²) < 4.78 is 74.4. The fourth-order valence-electron chi connectivity index (χ4n) is 0.378. The third kappa shape index (κ3) is 1.72. The van der Waals surface area contributed by atoms with Crippen LogP contribution in [0.4, 0.5) is 17.6 Å². The summed E-state index contributed by atoms with van der Waals surface area (Å²) in [6.07, 6.45) is -6.24. The molecule has 5 nitrogen and oxygen atoms in total. The van der Waals surface area contributed by atoms with Crippen LogP contribution in [0.3, 0.4) is 0 Å². The maximum Gasteiger partial charge on any atom is 0.451 e. The number of carbonyl (C=O) groups is 1. The van der Waals surface area contributed by atoms with Crippen LogP contribution in [-0.2, 0) is 14.9 Å². The van der Waals surface area contributed by atoms with Gasteiger partial charge < -0.3 is 5.11 Å². The monoisotopic (exact) mass is 226 g/mol. The van der Waals surface area contributed by atoms with Gasteiger partial charge in [0.15, 0.2) is 0 Å². The minimum Gasteiger partial charge on any atom is -0.478 e. The lowest BCUT2D eigenvalue weighted by atomic mass is 10.4. The van der Waals surface area contributed by atoms with Gasteiger partial charge in [0.2, 0.25) is 0 Å². The zero-order chi connectivity index (χ0) is 11.1. The van der Waals surface area contributed by atoms with Crippen molar-refractivity contribution in [3.8, 4) is 0 Å². The fourth-order valence-corrected chi connectivity index (χ4v) is 0.891. The third-order valence-corrected chi connectivity index (χ3v) is 2.11. The Morgan fingerprint density at radius 2 is 1.46 bits per heavy atom. The lowest BCUT2D eigenvalue weighted by Gasteiger charge is -2.19. The molecule has 0 bridgehead atoms. The van der Waals surface area contributed by atoms with E-state index in [1.807, 2.05) is 0 Å². The SMILES string of the molecule is O=C(O)C(F)(C(F)(F)F)S(=O)(=O)O. The predicted molar refractivity (Wildman–Crippen MR) is 29.1 cm³/mol. The molecule has 0 aliphatic carbocycles. The van der Waals surface area contributed by atoms with Crippen molar-refractivity contribution in [3.05, 3.63) is 0 Å². The van der Waals surface area contributed by atoms with E-state index in [1.165, 1.54) is 0 Å². The Morgan fingerprint density at radius 3 is 1.46 bits per heavy atom. The van der Waals surface area contributed by atoms with Crippen LogP contribution in [-0.4, -0.2) is 35.2 Å². The number of hydrogen-bond acceptors (Lipinski definition) is 3. The molecule has 0 spiro atoms. The average molecular weight is 226 g/mol. The van der Waals surface area contributed by atoms with Gasteiger partial charge in [-0.05, 0) is 0 Å². The molecule has 0 rings (SSSR count). The lowest BCUT2D eigenvalue weighted by molar-refractivity contribution is -0.211. The third-order valence-electron chi connectivity index (χ3n) is 0.995. The summed E-state index contributed by atoms with van der Waals surface area (Å²) in [6.45, 7) is 0. The van der Waals surface area contributed by atoms with Crippen molar-refractivity contribution >= 4 is 16.1 Å². The summed E-state index contributed by atoms with van der Waals surface area (Å²) >= 11 is 0. The van der Waals surface area contributed by atoms with E-state index >= 15 is 0 Å². The molecule has 0 aliphatic heterocycles. The summed E-state index contributed by atoms with van der Waals surface area (Å²) in [4.78, 5) is 9.68. The topological polar surface area (TPSA) is 91.7 Å². The molecule has 0 saturated carbocycles. The molecule has 0 radical (unpaired) electrons. The van der Waals surface area contributed by atoms with E-state index < -0.39 is 27.3 Å².